The lowest BCUT2D eigenvalue weighted by Crippen LogP contribution is -3.17. The average Bonchev–Trinajstić information content (AvgIpc) is 2.91. The number of rotatable bonds is 9. The van der Waals surface area contributed by atoms with Crippen LogP contribution in [0.25, 0.3) is 0 Å². The Morgan fingerprint density at radius 2 is 0.276 bits per heavy atom. The minimum atomic E-state index is -1.88. The second-order valence-electron chi connectivity index (χ2n) is 32.2. The molecule has 0 bridgehead atoms. The van der Waals surface area contributed by atoms with Crippen molar-refractivity contribution in [2.75, 3.05) is 0 Å². The first kappa shape index (κ1) is 58.5. The Balaban J connectivity index is 3.85. The van der Waals surface area contributed by atoms with Crippen LogP contribution in [0.5, 0.6) is 0 Å². The fraction of sp³-hybridized carbons (Fsp3) is 1.00. The van der Waals surface area contributed by atoms with Crippen molar-refractivity contribution < 1.29 is 0 Å². The average molecular weight is 1130 g/mol. The summed E-state index contributed by atoms with van der Waals surface area (Å²) in [6.07, 6.45) is -3.71. The van der Waals surface area contributed by atoms with Crippen LogP contribution < -0.4 is 0 Å². The van der Waals surface area contributed by atoms with Crippen molar-refractivity contribution in [3.05, 3.63) is 0 Å². The quantitative estimate of drug-likeness (QED) is 0.202. The van der Waals surface area contributed by atoms with Crippen LogP contribution >= 0.6 is 0 Å². The van der Waals surface area contributed by atoms with Crippen molar-refractivity contribution in [2.45, 2.75) is 249 Å². The van der Waals surface area contributed by atoms with E-state index in [1.54, 1.807) is 0 Å². The van der Waals surface area contributed by atoms with Gasteiger partial charge in [0.1, 0.15) is 0 Å². The van der Waals surface area contributed by atoms with E-state index in [0.29, 0.717) is 0 Å². The molecule has 2 aliphatic heterocycles. The molecule has 0 atom stereocenters. The maximum absolute atomic E-state index is 3.48. The Morgan fingerprint density at radius 1 is 0.172 bits per heavy atom. The molecule has 0 aromatic carbocycles. The Kier molecular flexibility index (Phi) is 14.6. The SMILES string of the molecule is C[Si](C)(C)[Si]([Si](C)(C)C)([Si](C)(C)[Si](C)(C)[Si]([Si](C)(C)C)([Si](C)(C)C)[Si]1(C)[Si](C)(C)[Si](C)(C)[Si](C)(C)[Si](C)(C)[Si]1(C)C)[Si]1(C)[Si](C)(C)[Si](C)(C)[Si](C)(C)[Si](C)(C)[Si]1(C)C. The highest BCUT2D eigenvalue weighted by Gasteiger charge is 2.92. The number of hydrogen-bond donors (Lipinski definition) is 0. The molecule has 0 radical (unpaired) electrons. The third-order valence-corrected chi connectivity index (χ3v) is 647. The van der Waals surface area contributed by atoms with Crippen molar-refractivity contribution in [3.63, 3.8) is 0 Å². The molecule has 0 aliphatic carbocycles. The molecule has 2 heterocycles. The molecule has 0 aromatic heterocycles. The van der Waals surface area contributed by atoms with Crippen LogP contribution in [0.1, 0.15) is 0 Å². The Hall–Kier alpha value is 4.34. The molecule has 0 amide bonds. The maximum Gasteiger partial charge on any atom is 0.0307 e. The first-order chi connectivity index (χ1) is 24.2. The van der Waals surface area contributed by atoms with Crippen molar-refractivity contribution in [3.8, 4) is 0 Å². The van der Waals surface area contributed by atoms with Gasteiger partial charge in [-0.25, -0.2) is 0 Å². The van der Waals surface area contributed by atoms with Gasteiger partial charge in [-0.1, -0.05) is 249 Å². The van der Waals surface area contributed by atoms with E-state index in [1.165, 1.54) is 0 Å². The van der Waals surface area contributed by atoms with E-state index >= 15 is 0 Å². The van der Waals surface area contributed by atoms with Gasteiger partial charge >= 0.3 is 0 Å². The Labute approximate surface area is 385 Å². The molecule has 2 rings (SSSR count). The van der Waals surface area contributed by atoms with Crippen molar-refractivity contribution in [2.24, 2.45) is 0 Å². The summed E-state index contributed by atoms with van der Waals surface area (Å²) in [4.78, 5) is 0. The van der Waals surface area contributed by atoms with Crippen LogP contribution in [-0.2, 0) is 0 Å². The lowest BCUT2D eigenvalue weighted by molar-refractivity contribution is 1.71. The fourth-order valence-corrected chi connectivity index (χ4v) is 1300. The molecule has 0 N–H and O–H groups in total. The molecule has 0 nitrogen and oxygen atoms in total. The first-order valence-electron chi connectivity index (χ1n) is 24.2. The molecule has 2 saturated heterocycles. The van der Waals surface area contributed by atoms with E-state index in [2.05, 4.69) is 249 Å². The Morgan fingerprint density at radius 3 is 0.379 bits per heavy atom. The summed E-state index contributed by atoms with van der Waals surface area (Å²) in [7, 11) is -25.3. The first-order valence-corrected chi connectivity index (χ1v) is 104. The predicted octanol–water partition coefficient (Wildman–Crippen LogP) is 14.6. The summed E-state index contributed by atoms with van der Waals surface area (Å²) in [5.74, 6) is 0. The van der Waals surface area contributed by atoms with E-state index < -0.39 is 141 Å². The number of hydrogen-bond acceptors (Lipinski definition) is 0. The smallest absolute Gasteiger partial charge is 0.0307 e. The minimum absolute atomic E-state index is 1.36. The van der Waals surface area contributed by atoms with Gasteiger partial charge in [-0.2, -0.15) is 0 Å². The van der Waals surface area contributed by atoms with Crippen LogP contribution in [0.4, 0.5) is 0 Å². The van der Waals surface area contributed by atoms with Gasteiger partial charge in [0, 0.05) is 141 Å². The van der Waals surface area contributed by atoms with Crippen LogP contribution in [0, 0.1) is 0 Å². The van der Waals surface area contributed by atoms with Crippen LogP contribution in [-0.4, -0.2) is 141 Å². The van der Waals surface area contributed by atoms with Gasteiger partial charge in [-0.15, -0.1) is 0 Å². The van der Waals surface area contributed by atoms with Crippen LogP contribution in [0.15, 0.2) is 0 Å². The predicted molar refractivity (Wildman–Crippen MR) is 338 cm³/mol. The molecule has 346 valence electrons. The second kappa shape index (κ2) is 14.4. The third kappa shape index (κ3) is 5.68. The zero-order chi connectivity index (χ0) is 48.0. The van der Waals surface area contributed by atoms with Crippen molar-refractivity contribution >= 4 is 141 Å². The van der Waals surface area contributed by atoms with E-state index in [0.717, 1.165) is 0 Å². The molecular formula is C38H114Si20. The molecule has 2 aliphatic rings. The summed E-state index contributed by atoms with van der Waals surface area (Å²) in [6.45, 7) is 119. The van der Waals surface area contributed by atoms with Crippen molar-refractivity contribution in [1.29, 1.82) is 0 Å². The molecule has 20 heteroatoms. The van der Waals surface area contributed by atoms with Gasteiger partial charge < -0.3 is 0 Å². The molecule has 2 fully saturated rings. The summed E-state index contributed by atoms with van der Waals surface area (Å²) in [5, 5.41) is 0. The van der Waals surface area contributed by atoms with E-state index in [9.17, 15) is 0 Å². The van der Waals surface area contributed by atoms with E-state index in [1.807, 2.05) is 0 Å². The topological polar surface area (TPSA) is 0 Å². The van der Waals surface area contributed by atoms with Gasteiger partial charge in [-0.05, 0) is 0 Å². The fourth-order valence-electron chi connectivity index (χ4n) is 21.8. The minimum Gasteiger partial charge on any atom is -0.0756 e. The molecule has 0 unspecified atom stereocenters. The van der Waals surface area contributed by atoms with Gasteiger partial charge in [0.15, 0.2) is 0 Å². The van der Waals surface area contributed by atoms with Gasteiger partial charge in [0.2, 0.25) is 0 Å². The van der Waals surface area contributed by atoms with Gasteiger partial charge in [0.05, 0.1) is 0 Å². The van der Waals surface area contributed by atoms with E-state index in [4.69, 9.17) is 0 Å². The zero-order valence-electron chi connectivity index (χ0n) is 48.0. The third-order valence-electron chi connectivity index (χ3n) is 26.9. The highest BCUT2D eigenvalue weighted by Crippen LogP contribution is 2.64. The van der Waals surface area contributed by atoms with Gasteiger partial charge in [0.25, 0.3) is 0 Å². The molecular weight excluding hydrogens is 1020 g/mol. The highest BCUT2D eigenvalue weighted by molar-refractivity contribution is 8.40. The lowest BCUT2D eigenvalue weighted by atomic mass is 11.8. The van der Waals surface area contributed by atoms with Crippen LogP contribution in [0.3, 0.4) is 0 Å². The standard InChI is InChI=1S/C38H114Si20/c1-39(2,3)57(40(4,5)6,55(37)49(25,26)45(17,18)43(13,14)46(19,20)50(55,27)28)53(33,34)54(35,36)58(41(7,8)9,42(10,11)12)56(38)51(29,30)47(21,22)44(15,16)48(23,24)52(56,31)32/h1-38H3. The zero-order valence-corrected chi connectivity index (χ0v) is 68.0. The van der Waals surface area contributed by atoms with Crippen LogP contribution in [0.2, 0.25) is 249 Å². The lowest BCUT2D eigenvalue weighted by Gasteiger charge is -2.86. The van der Waals surface area contributed by atoms with Crippen molar-refractivity contribution in [1.82, 2.24) is 0 Å². The summed E-state index contributed by atoms with van der Waals surface area (Å²) in [6, 6.07) is 0. The molecule has 0 aromatic rings. The molecule has 58 heavy (non-hydrogen) atoms. The maximum atomic E-state index is 3.48. The second-order valence-corrected chi connectivity index (χ2v) is 286. The van der Waals surface area contributed by atoms with Gasteiger partial charge in [-0.3, -0.25) is 0 Å². The molecule has 0 saturated carbocycles. The summed E-state index contributed by atoms with van der Waals surface area (Å²) in [5.41, 5.74) is 0. The highest BCUT2D eigenvalue weighted by atomic mass is 30.6. The normalized spacial score (nSPS) is 28.4. The monoisotopic (exact) mass is 1130 g/mol. The molecule has 0 spiro atoms. The Bertz CT molecular complexity index is 1410. The summed E-state index contributed by atoms with van der Waals surface area (Å²) < 4.78 is 0. The largest absolute Gasteiger partial charge is 0.0756 e. The van der Waals surface area contributed by atoms with E-state index in [-0.39, 0.29) is 0 Å². The summed E-state index contributed by atoms with van der Waals surface area (Å²) >= 11 is 0.